The molecule has 21 heavy (non-hydrogen) atoms. The predicted octanol–water partition coefficient (Wildman–Crippen LogP) is 4.16. The van der Waals surface area contributed by atoms with Crippen molar-refractivity contribution in [1.82, 2.24) is 0 Å². The normalized spacial score (nSPS) is 11.2. The Morgan fingerprint density at radius 2 is 1.86 bits per heavy atom. The Morgan fingerprint density at radius 3 is 2.43 bits per heavy atom. The highest BCUT2D eigenvalue weighted by Crippen LogP contribution is 2.29. The summed E-state index contributed by atoms with van der Waals surface area (Å²) in [7, 11) is -2.50. The van der Waals surface area contributed by atoms with Crippen LogP contribution in [-0.2, 0) is 10.0 Å². The Morgan fingerprint density at radius 1 is 1.14 bits per heavy atom. The largest absolute Gasteiger partial charge is 0.496 e. The van der Waals surface area contributed by atoms with E-state index in [2.05, 4.69) is 36.6 Å². The molecule has 4 nitrogen and oxygen atoms in total. The molecule has 0 aliphatic heterocycles. The van der Waals surface area contributed by atoms with Crippen molar-refractivity contribution in [2.24, 2.45) is 0 Å². The zero-order valence-corrected chi connectivity index (χ0v) is 14.7. The molecule has 8 heteroatoms. The predicted molar refractivity (Wildman–Crippen MR) is 85.6 cm³/mol. The van der Waals surface area contributed by atoms with Crippen LogP contribution in [-0.4, -0.2) is 15.5 Å². The number of rotatable bonds is 4. The molecule has 112 valence electrons. The molecule has 0 atom stereocenters. The summed E-state index contributed by atoms with van der Waals surface area (Å²) in [5.41, 5.74) is 0.296. The van der Waals surface area contributed by atoms with E-state index in [1.165, 1.54) is 31.4 Å². The first-order valence-corrected chi connectivity index (χ1v) is 8.72. The number of halogens is 3. The number of benzene rings is 2. The van der Waals surface area contributed by atoms with Crippen molar-refractivity contribution in [2.75, 3.05) is 11.8 Å². The van der Waals surface area contributed by atoms with Gasteiger partial charge in [-0.3, -0.25) is 4.72 Å². The number of anilines is 1. The van der Waals surface area contributed by atoms with E-state index in [-0.39, 0.29) is 0 Å². The molecule has 0 aliphatic carbocycles. The quantitative estimate of drug-likeness (QED) is 0.779. The molecule has 0 heterocycles. The number of methoxy groups -OCH3 is 1. The Kier molecular flexibility index (Phi) is 4.90. The monoisotopic (exact) mass is 437 g/mol. The van der Waals surface area contributed by atoms with Gasteiger partial charge < -0.3 is 4.74 Å². The van der Waals surface area contributed by atoms with Crippen LogP contribution in [0.15, 0.2) is 50.2 Å². The molecule has 0 fully saturated rings. The number of hydrogen-bond donors (Lipinski definition) is 1. The van der Waals surface area contributed by atoms with Crippen LogP contribution in [0.5, 0.6) is 5.75 Å². The third-order valence-corrected chi connectivity index (χ3v) is 5.11. The van der Waals surface area contributed by atoms with Crippen LogP contribution in [0.25, 0.3) is 0 Å². The summed E-state index contributed by atoms with van der Waals surface area (Å²) in [4.78, 5) is -0.419. The number of sulfonamides is 1. The lowest BCUT2D eigenvalue weighted by molar-refractivity contribution is 0.412. The minimum Gasteiger partial charge on any atom is -0.496 e. The molecule has 0 aromatic heterocycles. The minimum absolute atomic E-state index is 0.296. The summed E-state index contributed by atoms with van der Waals surface area (Å²) in [5, 5.41) is 0. The van der Waals surface area contributed by atoms with Gasteiger partial charge >= 0.3 is 0 Å². The maximum atomic E-state index is 13.8. The average molecular weight is 439 g/mol. The van der Waals surface area contributed by atoms with Gasteiger partial charge in [0, 0.05) is 4.47 Å². The second-order valence-corrected chi connectivity index (χ2v) is 7.45. The molecule has 2 aromatic carbocycles. The molecule has 1 N–H and O–H groups in total. The topological polar surface area (TPSA) is 55.4 Å². The van der Waals surface area contributed by atoms with Crippen LogP contribution in [0.1, 0.15) is 0 Å². The number of hydrogen-bond acceptors (Lipinski definition) is 3. The molecule has 0 amide bonds. The van der Waals surface area contributed by atoms with E-state index in [1.807, 2.05) is 0 Å². The first-order valence-electron chi connectivity index (χ1n) is 5.65. The van der Waals surface area contributed by atoms with E-state index in [1.54, 1.807) is 6.07 Å². The van der Waals surface area contributed by atoms with Crippen LogP contribution in [0.3, 0.4) is 0 Å². The molecule has 0 spiro atoms. The first-order chi connectivity index (χ1) is 9.83. The summed E-state index contributed by atoms with van der Waals surface area (Å²) < 4.78 is 46.6. The molecule has 0 bridgehead atoms. The van der Waals surface area contributed by atoms with Crippen molar-refractivity contribution in [3.05, 3.63) is 51.2 Å². The van der Waals surface area contributed by atoms with Gasteiger partial charge in [-0.2, -0.15) is 0 Å². The second-order valence-electron chi connectivity index (χ2n) is 4.03. The van der Waals surface area contributed by atoms with Gasteiger partial charge in [0.25, 0.3) is 10.0 Å². The molecule has 0 aliphatic rings. The van der Waals surface area contributed by atoms with Gasteiger partial charge in [0.15, 0.2) is 0 Å². The van der Waals surface area contributed by atoms with Gasteiger partial charge in [0.05, 0.1) is 17.3 Å². The maximum Gasteiger partial charge on any atom is 0.264 e. The van der Waals surface area contributed by atoms with Crippen LogP contribution >= 0.6 is 31.9 Å². The Hall–Kier alpha value is -1.12. The summed E-state index contributed by atoms with van der Waals surface area (Å²) in [6, 6.07) is 8.41. The van der Waals surface area contributed by atoms with Crippen LogP contribution < -0.4 is 9.46 Å². The first kappa shape index (κ1) is 16.3. The smallest absolute Gasteiger partial charge is 0.264 e. The molecular formula is C13H10Br2FNO3S. The third-order valence-electron chi connectivity index (χ3n) is 2.59. The Labute approximate surface area is 138 Å². The minimum atomic E-state index is -4.00. The third kappa shape index (κ3) is 3.75. The summed E-state index contributed by atoms with van der Waals surface area (Å²) in [6.45, 7) is 0. The average Bonchev–Trinajstić information content (AvgIpc) is 2.37. The van der Waals surface area contributed by atoms with Gasteiger partial charge in [-0.05, 0) is 52.3 Å². The molecular weight excluding hydrogens is 429 g/mol. The number of nitrogens with one attached hydrogen (secondary N) is 1. The van der Waals surface area contributed by atoms with E-state index in [4.69, 9.17) is 4.74 Å². The van der Waals surface area contributed by atoms with Crippen LogP contribution in [0, 0.1) is 5.82 Å². The standard InChI is InChI=1S/C13H10Br2FNO3S/c1-20-12-4-3-9(7-10(12)15)17-21(18,19)13-5-2-8(14)6-11(13)16/h2-7,17H,1H3. The van der Waals surface area contributed by atoms with Gasteiger partial charge in [-0.25, -0.2) is 12.8 Å². The molecule has 2 aromatic rings. The lowest BCUT2D eigenvalue weighted by Crippen LogP contribution is -2.14. The van der Waals surface area contributed by atoms with Crippen molar-refractivity contribution in [2.45, 2.75) is 4.90 Å². The summed E-state index contributed by atoms with van der Waals surface area (Å²) >= 11 is 6.33. The highest BCUT2D eigenvalue weighted by molar-refractivity contribution is 9.10. The molecule has 0 radical (unpaired) electrons. The summed E-state index contributed by atoms with van der Waals surface area (Å²) in [5.74, 6) is -0.266. The Bertz CT molecular complexity index is 781. The number of ether oxygens (including phenoxy) is 1. The van der Waals surface area contributed by atoms with Crippen LogP contribution in [0.4, 0.5) is 10.1 Å². The van der Waals surface area contributed by atoms with E-state index in [0.717, 1.165) is 6.07 Å². The second kappa shape index (κ2) is 6.33. The van der Waals surface area contributed by atoms with E-state index in [9.17, 15) is 12.8 Å². The van der Waals surface area contributed by atoms with E-state index in [0.29, 0.717) is 20.4 Å². The fourth-order valence-electron chi connectivity index (χ4n) is 1.63. The van der Waals surface area contributed by atoms with Gasteiger partial charge in [-0.1, -0.05) is 15.9 Å². The lowest BCUT2D eigenvalue weighted by atomic mass is 10.3. The van der Waals surface area contributed by atoms with Gasteiger partial charge in [0.2, 0.25) is 0 Å². The molecule has 0 saturated heterocycles. The van der Waals surface area contributed by atoms with Crippen molar-refractivity contribution < 1.29 is 17.5 Å². The van der Waals surface area contributed by atoms with Crippen LogP contribution in [0.2, 0.25) is 0 Å². The van der Waals surface area contributed by atoms with Crippen molar-refractivity contribution in [3.63, 3.8) is 0 Å². The highest BCUT2D eigenvalue weighted by Gasteiger charge is 2.19. The zero-order chi connectivity index (χ0) is 15.6. The maximum absolute atomic E-state index is 13.8. The van der Waals surface area contributed by atoms with Gasteiger partial charge in [0.1, 0.15) is 16.5 Å². The van der Waals surface area contributed by atoms with Crippen molar-refractivity contribution >= 4 is 47.6 Å². The lowest BCUT2D eigenvalue weighted by Gasteiger charge is -2.10. The molecule has 0 unspecified atom stereocenters. The van der Waals surface area contributed by atoms with E-state index >= 15 is 0 Å². The Balaban J connectivity index is 2.35. The fourth-order valence-corrected chi connectivity index (χ4v) is 3.62. The highest BCUT2D eigenvalue weighted by atomic mass is 79.9. The van der Waals surface area contributed by atoms with E-state index < -0.39 is 20.7 Å². The van der Waals surface area contributed by atoms with Gasteiger partial charge in [-0.15, -0.1) is 0 Å². The summed E-state index contributed by atoms with van der Waals surface area (Å²) in [6.07, 6.45) is 0. The zero-order valence-electron chi connectivity index (χ0n) is 10.7. The fraction of sp³-hybridized carbons (Fsp3) is 0.0769. The van der Waals surface area contributed by atoms with Crippen molar-refractivity contribution in [3.8, 4) is 5.75 Å². The van der Waals surface area contributed by atoms with Crippen molar-refractivity contribution in [1.29, 1.82) is 0 Å². The molecule has 2 rings (SSSR count). The molecule has 0 saturated carbocycles. The SMILES string of the molecule is COc1ccc(NS(=O)(=O)c2ccc(Br)cc2F)cc1Br.